The molecule has 3 nitrogen and oxygen atoms in total. The van der Waals surface area contributed by atoms with Gasteiger partial charge in [-0.3, -0.25) is 4.90 Å². The van der Waals surface area contributed by atoms with Gasteiger partial charge in [0.25, 0.3) is 0 Å². The number of halogens is 1. The lowest BCUT2D eigenvalue weighted by atomic mass is 10.2. The third kappa shape index (κ3) is 2.57. The number of hydrogen-bond donors (Lipinski definition) is 1. The van der Waals surface area contributed by atoms with Gasteiger partial charge in [-0.2, -0.15) is 0 Å². The molecular formula is C15H12BrNO2S. The summed E-state index contributed by atoms with van der Waals surface area (Å²) in [4.78, 5) is 1.91. The number of rotatable bonds is 2. The zero-order valence-corrected chi connectivity index (χ0v) is 12.8. The monoisotopic (exact) mass is 349 g/mol. The Bertz CT molecular complexity index is 662. The second-order valence-electron chi connectivity index (χ2n) is 4.45. The van der Waals surface area contributed by atoms with Gasteiger partial charge in [-0.15, -0.1) is 0 Å². The van der Waals surface area contributed by atoms with Crippen molar-refractivity contribution in [3.8, 4) is 5.75 Å². The summed E-state index contributed by atoms with van der Waals surface area (Å²) in [5.74, 6) is 0.196. The molecule has 0 radical (unpaired) electrons. The van der Waals surface area contributed by atoms with Gasteiger partial charge < -0.3 is 9.66 Å². The Labute approximate surface area is 128 Å². The van der Waals surface area contributed by atoms with E-state index in [0.717, 1.165) is 15.7 Å². The molecule has 3 rings (SSSR count). The van der Waals surface area contributed by atoms with Gasteiger partial charge in [0.2, 0.25) is 5.37 Å². The van der Waals surface area contributed by atoms with Crippen LogP contribution in [-0.4, -0.2) is 9.66 Å². The van der Waals surface area contributed by atoms with Crippen LogP contribution in [0, 0.1) is 0 Å². The zero-order valence-electron chi connectivity index (χ0n) is 10.4. The highest BCUT2D eigenvalue weighted by atomic mass is 79.9. The molecule has 0 aliphatic carbocycles. The molecule has 0 saturated heterocycles. The molecule has 1 aliphatic heterocycles. The molecule has 102 valence electrons. The number of anilines is 1. The van der Waals surface area contributed by atoms with Crippen molar-refractivity contribution in [1.29, 1.82) is 0 Å². The summed E-state index contributed by atoms with van der Waals surface area (Å²) in [6.45, 7) is 0. The molecule has 0 spiro atoms. The van der Waals surface area contributed by atoms with E-state index in [0.29, 0.717) is 0 Å². The standard InChI is InChI=1S/C15H12BrNO2S/c16-12-4-1-3-11(9-12)15-17(7-8-20(15)19)13-5-2-6-14(18)10-13/h1-10,15,18H. The number of phenolic OH excluding ortho intramolecular Hbond substituents is 1. The molecule has 0 fully saturated rings. The average Bonchev–Trinajstić information content (AvgIpc) is 2.80. The van der Waals surface area contributed by atoms with E-state index in [1.165, 1.54) is 0 Å². The summed E-state index contributed by atoms with van der Waals surface area (Å²) in [7, 11) is 0. The SMILES string of the molecule is [O-][S+]1C=CN(c2cccc(O)c2)C1c1cccc(Br)c1. The van der Waals surface area contributed by atoms with Crippen LogP contribution in [0.5, 0.6) is 5.75 Å². The van der Waals surface area contributed by atoms with E-state index >= 15 is 0 Å². The van der Waals surface area contributed by atoms with Crippen molar-refractivity contribution in [2.45, 2.75) is 5.37 Å². The van der Waals surface area contributed by atoms with Crippen molar-refractivity contribution in [2.75, 3.05) is 4.90 Å². The predicted molar refractivity (Wildman–Crippen MR) is 84.8 cm³/mol. The Morgan fingerprint density at radius 2 is 1.95 bits per heavy atom. The van der Waals surface area contributed by atoms with Crippen LogP contribution < -0.4 is 4.90 Å². The quantitative estimate of drug-likeness (QED) is 0.836. The molecule has 1 N–H and O–H groups in total. The van der Waals surface area contributed by atoms with E-state index in [-0.39, 0.29) is 11.1 Å². The highest BCUT2D eigenvalue weighted by Gasteiger charge is 2.34. The molecule has 1 aliphatic rings. The largest absolute Gasteiger partial charge is 0.610 e. The molecule has 0 aromatic heterocycles. The molecular weight excluding hydrogens is 338 g/mol. The van der Waals surface area contributed by atoms with Crippen LogP contribution in [-0.2, 0) is 11.2 Å². The third-order valence-electron chi connectivity index (χ3n) is 3.09. The van der Waals surface area contributed by atoms with E-state index in [2.05, 4.69) is 15.9 Å². The number of aromatic hydroxyl groups is 1. The van der Waals surface area contributed by atoms with Gasteiger partial charge in [0.15, 0.2) is 0 Å². The number of phenols is 1. The van der Waals surface area contributed by atoms with Crippen molar-refractivity contribution in [2.24, 2.45) is 0 Å². The van der Waals surface area contributed by atoms with Gasteiger partial charge in [0.05, 0.1) is 6.20 Å². The van der Waals surface area contributed by atoms with E-state index in [1.807, 2.05) is 35.2 Å². The van der Waals surface area contributed by atoms with Gasteiger partial charge in [-0.25, -0.2) is 0 Å². The lowest BCUT2D eigenvalue weighted by molar-refractivity contribution is 0.475. The van der Waals surface area contributed by atoms with Crippen LogP contribution in [0.4, 0.5) is 5.69 Å². The Balaban J connectivity index is 2.00. The third-order valence-corrected chi connectivity index (χ3v) is 4.91. The maximum Gasteiger partial charge on any atom is 0.223 e. The van der Waals surface area contributed by atoms with Gasteiger partial charge in [-0.1, -0.05) is 34.1 Å². The summed E-state index contributed by atoms with van der Waals surface area (Å²) in [5, 5.41) is 11.0. The Morgan fingerprint density at radius 1 is 1.15 bits per heavy atom. The lowest BCUT2D eigenvalue weighted by Gasteiger charge is -2.25. The van der Waals surface area contributed by atoms with Crippen molar-refractivity contribution in [3.05, 3.63) is 70.2 Å². The molecule has 0 saturated carbocycles. The molecule has 20 heavy (non-hydrogen) atoms. The smallest absolute Gasteiger partial charge is 0.223 e. The molecule has 2 aromatic rings. The minimum Gasteiger partial charge on any atom is -0.610 e. The minimum absolute atomic E-state index is 0.196. The van der Waals surface area contributed by atoms with E-state index in [9.17, 15) is 9.66 Å². The fourth-order valence-electron chi connectivity index (χ4n) is 2.22. The first-order chi connectivity index (χ1) is 9.65. The molecule has 1 heterocycles. The fourth-order valence-corrected chi connectivity index (χ4v) is 3.87. The molecule has 5 heteroatoms. The topological polar surface area (TPSA) is 46.5 Å². The Hall–Kier alpha value is -1.43. The normalized spacial score (nSPS) is 21.4. The average molecular weight is 350 g/mol. The maximum absolute atomic E-state index is 12.3. The first-order valence-electron chi connectivity index (χ1n) is 6.06. The van der Waals surface area contributed by atoms with Crippen LogP contribution in [0.1, 0.15) is 10.9 Å². The van der Waals surface area contributed by atoms with E-state index in [4.69, 9.17) is 0 Å². The first kappa shape index (κ1) is 13.5. The summed E-state index contributed by atoms with van der Waals surface area (Å²) in [6.07, 6.45) is 1.80. The Kier molecular flexibility index (Phi) is 3.74. The van der Waals surface area contributed by atoms with Crippen LogP contribution in [0.2, 0.25) is 0 Å². The van der Waals surface area contributed by atoms with Crippen LogP contribution in [0.25, 0.3) is 0 Å². The number of nitrogens with zero attached hydrogens (tertiary/aromatic N) is 1. The molecule has 2 aromatic carbocycles. The summed E-state index contributed by atoms with van der Waals surface area (Å²) in [5.41, 5.74) is 1.78. The van der Waals surface area contributed by atoms with Crippen LogP contribution in [0.15, 0.2) is 64.6 Å². The summed E-state index contributed by atoms with van der Waals surface area (Å²) < 4.78 is 13.2. The van der Waals surface area contributed by atoms with E-state index in [1.54, 1.807) is 29.8 Å². The van der Waals surface area contributed by atoms with Gasteiger partial charge in [-0.05, 0) is 24.3 Å². The van der Waals surface area contributed by atoms with Crippen molar-refractivity contribution < 1.29 is 9.66 Å². The van der Waals surface area contributed by atoms with Gasteiger partial charge in [0, 0.05) is 33.0 Å². The second-order valence-corrected chi connectivity index (χ2v) is 6.74. The molecule has 2 unspecified atom stereocenters. The predicted octanol–water partition coefficient (Wildman–Crippen LogP) is 3.89. The van der Waals surface area contributed by atoms with Crippen LogP contribution >= 0.6 is 15.9 Å². The van der Waals surface area contributed by atoms with Gasteiger partial charge in [0.1, 0.15) is 11.2 Å². The second kappa shape index (κ2) is 5.52. The summed E-state index contributed by atoms with van der Waals surface area (Å²) in [6, 6.07) is 14.7. The van der Waals surface area contributed by atoms with Crippen molar-refractivity contribution >= 4 is 32.8 Å². The zero-order chi connectivity index (χ0) is 14.1. The van der Waals surface area contributed by atoms with Crippen LogP contribution in [0.3, 0.4) is 0 Å². The number of benzene rings is 2. The number of hydrogen-bond acceptors (Lipinski definition) is 3. The van der Waals surface area contributed by atoms with Crippen molar-refractivity contribution in [3.63, 3.8) is 0 Å². The molecule has 2 atom stereocenters. The molecule has 0 bridgehead atoms. The summed E-state index contributed by atoms with van der Waals surface area (Å²) >= 11 is 2.32. The van der Waals surface area contributed by atoms with Gasteiger partial charge >= 0.3 is 0 Å². The van der Waals surface area contributed by atoms with Crippen molar-refractivity contribution in [1.82, 2.24) is 0 Å². The lowest BCUT2D eigenvalue weighted by Crippen LogP contribution is -2.23. The highest BCUT2D eigenvalue weighted by molar-refractivity contribution is 9.10. The fraction of sp³-hybridized carbons (Fsp3) is 0.0667. The Morgan fingerprint density at radius 3 is 2.70 bits per heavy atom. The molecule has 0 amide bonds. The maximum atomic E-state index is 12.3. The first-order valence-corrected chi connectivity index (χ1v) is 8.12. The van der Waals surface area contributed by atoms with E-state index < -0.39 is 11.2 Å². The minimum atomic E-state index is -1.11. The highest BCUT2D eigenvalue weighted by Crippen LogP contribution is 2.38.